The van der Waals surface area contributed by atoms with Crippen LogP contribution in [0.5, 0.6) is 0 Å². The number of amides is 2. The van der Waals surface area contributed by atoms with Crippen molar-refractivity contribution in [2.24, 2.45) is 5.41 Å². The molecule has 0 radical (unpaired) electrons. The number of aliphatic carboxylic acids is 1. The Morgan fingerprint density at radius 1 is 0.714 bits per heavy atom. The van der Waals surface area contributed by atoms with E-state index in [1.807, 2.05) is 0 Å². The fourth-order valence-corrected chi connectivity index (χ4v) is 5.00. The Bertz CT molecular complexity index is 1240. The summed E-state index contributed by atoms with van der Waals surface area (Å²) in [7, 11) is 0. The van der Waals surface area contributed by atoms with Crippen molar-refractivity contribution in [3.63, 3.8) is 0 Å². The van der Waals surface area contributed by atoms with Gasteiger partial charge in [0.25, 0.3) is 0 Å². The summed E-state index contributed by atoms with van der Waals surface area (Å²) in [5, 5.41) is 25.6. The second kappa shape index (κ2) is 17.7. The van der Waals surface area contributed by atoms with Gasteiger partial charge in [-0.05, 0) is 27.7 Å². The first kappa shape index (κ1) is 41.3. The molecule has 2 aliphatic rings. The molecule has 2 aliphatic heterocycles. The minimum atomic E-state index is -1.84. The summed E-state index contributed by atoms with van der Waals surface area (Å²) in [6, 6.07) is -2.95. The third-order valence-corrected chi connectivity index (χ3v) is 7.10. The largest absolute Gasteiger partial charge is 0.479 e. The summed E-state index contributed by atoms with van der Waals surface area (Å²) >= 11 is 0. The average Bonchev–Trinajstić information content (AvgIpc) is 2.95. The SMILES string of the molecule is CC(=O)N[C@@H]1[C@@H](O[C@H](C)C(=O)O)[C@H](O[C@@H]2O[C@H](COC(C)=O)[C@@H](OC(C)=O)[C@H](OC(C)=O)[C@H]2NC(C)=O)[C@@H](COC(=O)C(C)(C)C)O[C@H]1O. The zero-order valence-electron chi connectivity index (χ0n) is 28.8. The second-order valence-corrected chi connectivity index (χ2v) is 12.5. The van der Waals surface area contributed by atoms with Crippen LogP contribution < -0.4 is 10.6 Å². The van der Waals surface area contributed by atoms with Gasteiger partial charge in [0.05, 0.1) is 5.41 Å². The lowest BCUT2D eigenvalue weighted by Gasteiger charge is -2.49. The molecular weight excluding hydrogens is 660 g/mol. The van der Waals surface area contributed by atoms with E-state index in [-0.39, 0.29) is 0 Å². The molecule has 0 bridgehead atoms. The van der Waals surface area contributed by atoms with Crippen molar-refractivity contribution < 1.29 is 81.7 Å². The van der Waals surface area contributed by atoms with Crippen molar-refractivity contribution in [1.29, 1.82) is 0 Å². The summed E-state index contributed by atoms with van der Waals surface area (Å²) in [4.78, 5) is 85.4. The minimum Gasteiger partial charge on any atom is -0.479 e. The lowest BCUT2D eigenvalue weighted by molar-refractivity contribution is -0.334. The number of carboxylic acid groups (broad SMARTS) is 1. The topological polar surface area (TPSA) is 258 Å². The predicted molar refractivity (Wildman–Crippen MR) is 160 cm³/mol. The fourth-order valence-electron chi connectivity index (χ4n) is 5.00. The van der Waals surface area contributed by atoms with E-state index < -0.39 is 128 Å². The molecule has 0 aromatic carbocycles. The number of esters is 4. The van der Waals surface area contributed by atoms with E-state index in [1.54, 1.807) is 20.8 Å². The quantitative estimate of drug-likeness (QED) is 0.128. The van der Waals surface area contributed by atoms with Crippen LogP contribution in [0.3, 0.4) is 0 Å². The molecule has 2 rings (SSSR count). The van der Waals surface area contributed by atoms with Gasteiger partial charge in [-0.1, -0.05) is 0 Å². The van der Waals surface area contributed by atoms with Gasteiger partial charge in [-0.3, -0.25) is 28.8 Å². The number of hydrogen-bond acceptors (Lipinski definition) is 16. The molecule has 19 nitrogen and oxygen atoms in total. The highest BCUT2D eigenvalue weighted by Gasteiger charge is 2.55. The van der Waals surface area contributed by atoms with Gasteiger partial charge in [0, 0.05) is 34.6 Å². The molecule has 0 aliphatic carbocycles. The number of nitrogens with one attached hydrogen (secondary N) is 2. The zero-order chi connectivity index (χ0) is 37.4. The number of carbonyl (C=O) groups is 7. The highest BCUT2D eigenvalue weighted by atomic mass is 16.7. The highest BCUT2D eigenvalue weighted by molar-refractivity contribution is 5.75. The van der Waals surface area contributed by atoms with E-state index in [0.717, 1.165) is 34.6 Å². The van der Waals surface area contributed by atoms with Crippen LogP contribution in [0, 0.1) is 5.41 Å². The average molecular weight is 707 g/mol. The van der Waals surface area contributed by atoms with E-state index in [2.05, 4.69) is 10.6 Å². The van der Waals surface area contributed by atoms with Gasteiger partial charge in [-0.25, -0.2) is 4.79 Å². The van der Waals surface area contributed by atoms with Gasteiger partial charge in [0.15, 0.2) is 30.9 Å². The van der Waals surface area contributed by atoms with Crippen LogP contribution in [0.1, 0.15) is 62.3 Å². The zero-order valence-corrected chi connectivity index (χ0v) is 28.8. The van der Waals surface area contributed by atoms with E-state index >= 15 is 0 Å². The van der Waals surface area contributed by atoms with Crippen molar-refractivity contribution in [1.82, 2.24) is 10.6 Å². The third-order valence-electron chi connectivity index (χ3n) is 7.10. The van der Waals surface area contributed by atoms with Gasteiger partial charge >= 0.3 is 29.8 Å². The maximum Gasteiger partial charge on any atom is 0.332 e. The molecule has 19 heteroatoms. The van der Waals surface area contributed by atoms with Gasteiger partial charge in [0.2, 0.25) is 11.8 Å². The van der Waals surface area contributed by atoms with Crippen molar-refractivity contribution in [3.05, 3.63) is 0 Å². The molecule has 2 fully saturated rings. The molecule has 49 heavy (non-hydrogen) atoms. The Morgan fingerprint density at radius 2 is 1.22 bits per heavy atom. The van der Waals surface area contributed by atoms with Crippen molar-refractivity contribution in [2.75, 3.05) is 13.2 Å². The maximum atomic E-state index is 12.7. The van der Waals surface area contributed by atoms with Crippen LogP contribution in [0.25, 0.3) is 0 Å². The molecule has 278 valence electrons. The standard InChI is InChI=1S/C30H46N2O17/c1-12(26(38)39)44-24-20(31-13(2)33)27(40)47-18(11-43-29(41)30(7,8)9)23(24)49-28-21(32-14(3)34)25(46-17(6)37)22(45-16(5)36)19(48-28)10-42-15(4)35/h12,18-25,27-28,40H,10-11H2,1-9H3,(H,31,33)(H,32,34)(H,38,39)/t12-,18-,19-,20-,21-,22-,23-,24-,25-,27-,28+/m1/s1. The number of aliphatic hydroxyl groups is 1. The van der Waals surface area contributed by atoms with Gasteiger partial charge in [-0.15, -0.1) is 0 Å². The van der Waals surface area contributed by atoms with Crippen LogP contribution in [0.15, 0.2) is 0 Å². The predicted octanol–water partition coefficient (Wildman–Crippen LogP) is -1.30. The molecule has 2 heterocycles. The summed E-state index contributed by atoms with van der Waals surface area (Å²) in [6.07, 6.45) is -14.1. The number of ether oxygens (including phenoxy) is 8. The highest BCUT2D eigenvalue weighted by Crippen LogP contribution is 2.33. The van der Waals surface area contributed by atoms with Crippen LogP contribution in [-0.4, -0.2) is 132 Å². The molecule has 0 saturated carbocycles. The molecule has 0 spiro atoms. The normalized spacial score (nSPS) is 30.6. The van der Waals surface area contributed by atoms with Crippen LogP contribution in [0.2, 0.25) is 0 Å². The third kappa shape index (κ3) is 12.2. The minimum absolute atomic E-state index is 0.561. The lowest BCUT2D eigenvalue weighted by atomic mass is 9.93. The van der Waals surface area contributed by atoms with Gasteiger partial charge < -0.3 is 58.7 Å². The fraction of sp³-hybridized carbons (Fsp3) is 0.767. The van der Waals surface area contributed by atoms with E-state index in [4.69, 9.17) is 37.9 Å². The monoisotopic (exact) mass is 706 g/mol. The molecule has 0 aromatic rings. The molecule has 0 aromatic heterocycles. The van der Waals surface area contributed by atoms with E-state index in [9.17, 15) is 43.8 Å². The molecular formula is C30H46N2O17. The molecule has 11 atom stereocenters. The van der Waals surface area contributed by atoms with E-state index in [1.165, 1.54) is 6.92 Å². The summed E-state index contributed by atoms with van der Waals surface area (Å²) in [6.45, 7) is 10.2. The molecule has 2 amide bonds. The maximum absolute atomic E-state index is 12.7. The first-order chi connectivity index (χ1) is 22.6. The Kier molecular flexibility index (Phi) is 14.9. The van der Waals surface area contributed by atoms with Crippen molar-refractivity contribution in [3.8, 4) is 0 Å². The smallest absolute Gasteiger partial charge is 0.332 e. The Balaban J connectivity index is 2.74. The van der Waals surface area contributed by atoms with Gasteiger partial charge in [-0.2, -0.15) is 0 Å². The number of rotatable bonds is 13. The first-order valence-electron chi connectivity index (χ1n) is 15.3. The Hall–Kier alpha value is -3.91. The molecule has 2 saturated heterocycles. The van der Waals surface area contributed by atoms with Crippen LogP contribution >= 0.6 is 0 Å². The summed E-state index contributed by atoms with van der Waals surface area (Å²) in [5.41, 5.74) is -0.980. The van der Waals surface area contributed by atoms with Gasteiger partial charge in [0.1, 0.15) is 49.7 Å². The summed E-state index contributed by atoms with van der Waals surface area (Å²) < 4.78 is 45.4. The number of carboxylic acids is 1. The second-order valence-electron chi connectivity index (χ2n) is 12.5. The van der Waals surface area contributed by atoms with Crippen molar-refractivity contribution >= 4 is 41.7 Å². The Labute approximate surface area is 282 Å². The Morgan fingerprint density at radius 3 is 1.71 bits per heavy atom. The molecule has 0 unspecified atom stereocenters. The number of carbonyl (C=O) groups excluding carboxylic acids is 6. The summed E-state index contributed by atoms with van der Waals surface area (Å²) in [5.74, 6) is -5.94. The number of hydrogen-bond donors (Lipinski definition) is 4. The molecule has 4 N–H and O–H groups in total. The lowest BCUT2D eigenvalue weighted by Crippen LogP contribution is -2.70. The first-order valence-corrected chi connectivity index (χ1v) is 15.3. The van der Waals surface area contributed by atoms with Crippen LogP contribution in [0.4, 0.5) is 0 Å². The number of aliphatic hydroxyl groups excluding tert-OH is 1. The van der Waals surface area contributed by atoms with Crippen LogP contribution in [-0.2, 0) is 71.5 Å². The van der Waals surface area contributed by atoms with E-state index in [0.29, 0.717) is 0 Å². The van der Waals surface area contributed by atoms with Crippen molar-refractivity contribution in [2.45, 2.75) is 130 Å².